The number of amides is 1. The Morgan fingerprint density at radius 2 is 1.88 bits per heavy atom. The monoisotopic (exact) mass is 360 g/mol. The van der Waals surface area contributed by atoms with Crippen molar-refractivity contribution in [2.75, 3.05) is 11.9 Å². The van der Waals surface area contributed by atoms with Crippen molar-refractivity contribution in [3.05, 3.63) is 54.1 Å². The second-order valence-corrected chi connectivity index (χ2v) is 7.76. The lowest BCUT2D eigenvalue weighted by molar-refractivity contribution is -0.122. The molecule has 2 aromatic carbocycles. The van der Waals surface area contributed by atoms with Crippen molar-refractivity contribution in [2.45, 2.75) is 31.4 Å². The fourth-order valence-corrected chi connectivity index (χ4v) is 4.12. The first-order valence-electron chi connectivity index (χ1n) is 8.07. The maximum Gasteiger partial charge on any atom is 0.265 e. The van der Waals surface area contributed by atoms with E-state index in [9.17, 15) is 13.2 Å². The number of carbonyl (C=O) groups is 1. The highest BCUT2D eigenvalue weighted by Gasteiger charge is 2.28. The van der Waals surface area contributed by atoms with Crippen molar-refractivity contribution in [1.82, 2.24) is 4.31 Å². The quantitative estimate of drug-likeness (QED) is 0.889. The highest BCUT2D eigenvalue weighted by molar-refractivity contribution is 7.89. The molecular weight excluding hydrogens is 340 g/mol. The van der Waals surface area contributed by atoms with Gasteiger partial charge in [-0.15, -0.1) is 0 Å². The van der Waals surface area contributed by atoms with Crippen molar-refractivity contribution in [2.24, 2.45) is 0 Å². The van der Waals surface area contributed by atoms with Crippen LogP contribution in [0.15, 0.2) is 53.4 Å². The Bertz CT molecular complexity index is 881. The van der Waals surface area contributed by atoms with Crippen molar-refractivity contribution in [3.63, 3.8) is 0 Å². The average Bonchev–Trinajstić information content (AvgIpc) is 2.61. The number of hydrogen-bond acceptors (Lipinski definition) is 4. The van der Waals surface area contributed by atoms with Crippen LogP contribution in [0, 0.1) is 0 Å². The summed E-state index contributed by atoms with van der Waals surface area (Å²) in [6, 6.07) is 14.0. The SMILES string of the molecule is CCN(Cc1ccccc1)S(=O)(=O)c1ccc2c(c1)NC(=O)C(C)O2. The van der Waals surface area contributed by atoms with E-state index < -0.39 is 16.1 Å². The molecule has 0 radical (unpaired) electrons. The molecule has 25 heavy (non-hydrogen) atoms. The van der Waals surface area contributed by atoms with Crippen molar-refractivity contribution in [1.29, 1.82) is 0 Å². The first-order chi connectivity index (χ1) is 11.9. The highest BCUT2D eigenvalue weighted by Crippen LogP contribution is 2.32. The number of fused-ring (bicyclic) bond motifs is 1. The lowest BCUT2D eigenvalue weighted by atomic mass is 10.2. The predicted octanol–water partition coefficient (Wildman–Crippen LogP) is 2.62. The van der Waals surface area contributed by atoms with Crippen LogP contribution in [0.4, 0.5) is 5.69 Å². The number of anilines is 1. The molecule has 6 nitrogen and oxygen atoms in total. The Labute approximate surface area is 147 Å². The number of ether oxygens (including phenoxy) is 1. The fraction of sp³-hybridized carbons (Fsp3) is 0.278. The Morgan fingerprint density at radius 3 is 2.56 bits per heavy atom. The summed E-state index contributed by atoms with van der Waals surface area (Å²) >= 11 is 0. The molecule has 0 aliphatic carbocycles. The Balaban J connectivity index is 1.91. The van der Waals surface area contributed by atoms with Gasteiger partial charge in [-0.1, -0.05) is 37.3 Å². The minimum Gasteiger partial charge on any atom is -0.479 e. The number of hydrogen-bond donors (Lipinski definition) is 1. The second-order valence-electron chi connectivity index (χ2n) is 5.82. The van der Waals surface area contributed by atoms with Crippen molar-refractivity contribution in [3.8, 4) is 5.75 Å². The van der Waals surface area contributed by atoms with E-state index in [1.165, 1.54) is 16.4 Å². The molecule has 1 atom stereocenters. The first kappa shape index (κ1) is 17.4. The van der Waals surface area contributed by atoms with Gasteiger partial charge in [-0.25, -0.2) is 8.42 Å². The zero-order valence-electron chi connectivity index (χ0n) is 14.1. The number of benzene rings is 2. The number of nitrogens with zero attached hydrogens (tertiary/aromatic N) is 1. The number of rotatable bonds is 5. The lowest BCUT2D eigenvalue weighted by Crippen LogP contribution is -2.35. The van der Waals surface area contributed by atoms with Gasteiger partial charge in [0.05, 0.1) is 10.6 Å². The summed E-state index contributed by atoms with van der Waals surface area (Å²) < 4.78 is 32.8. The lowest BCUT2D eigenvalue weighted by Gasteiger charge is -2.25. The molecule has 0 saturated carbocycles. The van der Waals surface area contributed by atoms with Gasteiger partial charge in [-0.2, -0.15) is 4.31 Å². The maximum absolute atomic E-state index is 13.0. The number of nitrogens with one attached hydrogen (secondary N) is 1. The largest absolute Gasteiger partial charge is 0.479 e. The van der Waals surface area contributed by atoms with E-state index in [0.717, 1.165) is 5.56 Å². The van der Waals surface area contributed by atoms with Crippen LogP contribution in [0.2, 0.25) is 0 Å². The van der Waals surface area contributed by atoms with E-state index >= 15 is 0 Å². The summed E-state index contributed by atoms with van der Waals surface area (Å²) in [7, 11) is -3.69. The van der Waals surface area contributed by atoms with Gasteiger partial charge in [0.25, 0.3) is 5.91 Å². The topological polar surface area (TPSA) is 75.7 Å². The third-order valence-electron chi connectivity index (χ3n) is 4.07. The van der Waals surface area contributed by atoms with Gasteiger partial charge in [0.2, 0.25) is 10.0 Å². The van der Waals surface area contributed by atoms with Gasteiger partial charge in [0.15, 0.2) is 6.10 Å². The molecule has 2 aromatic rings. The van der Waals surface area contributed by atoms with E-state index in [2.05, 4.69) is 5.32 Å². The first-order valence-corrected chi connectivity index (χ1v) is 9.51. The number of carbonyl (C=O) groups excluding carboxylic acids is 1. The standard InChI is InChI=1S/C18H20N2O4S/c1-3-20(12-14-7-5-4-6-8-14)25(22,23)15-9-10-17-16(11-15)19-18(21)13(2)24-17/h4-11,13H,3,12H2,1-2H3,(H,19,21). The van der Waals surface area contributed by atoms with Gasteiger partial charge in [0, 0.05) is 13.1 Å². The molecule has 0 saturated heterocycles. The highest BCUT2D eigenvalue weighted by atomic mass is 32.2. The van der Waals surface area contributed by atoms with E-state index in [4.69, 9.17) is 4.74 Å². The van der Waals surface area contributed by atoms with Crippen LogP contribution in [0.5, 0.6) is 5.75 Å². The third-order valence-corrected chi connectivity index (χ3v) is 5.99. The summed E-state index contributed by atoms with van der Waals surface area (Å²) in [5, 5.41) is 2.68. The van der Waals surface area contributed by atoms with Crippen molar-refractivity contribution < 1.29 is 17.9 Å². The summed E-state index contributed by atoms with van der Waals surface area (Å²) in [6.07, 6.45) is -0.597. The summed E-state index contributed by atoms with van der Waals surface area (Å²) in [4.78, 5) is 11.9. The Hall–Kier alpha value is -2.38. The molecular formula is C18H20N2O4S. The Morgan fingerprint density at radius 1 is 1.16 bits per heavy atom. The molecule has 0 fully saturated rings. The van der Waals surface area contributed by atoms with Crippen molar-refractivity contribution >= 4 is 21.6 Å². The minimum absolute atomic E-state index is 0.127. The van der Waals surface area contributed by atoms with Gasteiger partial charge < -0.3 is 10.1 Å². The zero-order chi connectivity index (χ0) is 18.0. The molecule has 1 aliphatic heterocycles. The predicted molar refractivity (Wildman–Crippen MR) is 94.9 cm³/mol. The second kappa shape index (κ2) is 6.85. The molecule has 7 heteroatoms. The Kier molecular flexibility index (Phi) is 4.78. The van der Waals surface area contributed by atoms with Crippen LogP contribution >= 0.6 is 0 Å². The molecule has 1 N–H and O–H groups in total. The summed E-state index contributed by atoms with van der Waals surface area (Å²) in [5.74, 6) is 0.177. The molecule has 0 bridgehead atoms. The van der Waals surface area contributed by atoms with Gasteiger partial charge >= 0.3 is 0 Å². The zero-order valence-corrected chi connectivity index (χ0v) is 14.9. The summed E-state index contributed by atoms with van der Waals surface area (Å²) in [6.45, 7) is 4.07. The molecule has 1 unspecified atom stereocenters. The van der Waals surface area contributed by atoms with Gasteiger partial charge in [0.1, 0.15) is 5.75 Å². The maximum atomic E-state index is 13.0. The van der Waals surface area contributed by atoms with Gasteiger partial charge in [-0.3, -0.25) is 4.79 Å². The molecule has 132 valence electrons. The molecule has 3 rings (SSSR count). The van der Waals surface area contributed by atoms with Crippen LogP contribution in [0.25, 0.3) is 0 Å². The molecule has 0 spiro atoms. The van der Waals surface area contributed by atoms with E-state index in [0.29, 0.717) is 18.0 Å². The fourth-order valence-electron chi connectivity index (χ4n) is 2.65. The molecule has 0 aromatic heterocycles. The normalized spacial score (nSPS) is 16.9. The van der Waals surface area contributed by atoms with Crippen LogP contribution in [-0.2, 0) is 21.4 Å². The molecule has 1 heterocycles. The minimum atomic E-state index is -3.69. The van der Waals surface area contributed by atoms with Gasteiger partial charge in [-0.05, 0) is 30.7 Å². The van der Waals surface area contributed by atoms with E-state index in [1.54, 1.807) is 19.9 Å². The third kappa shape index (κ3) is 3.52. The van der Waals surface area contributed by atoms with E-state index in [-0.39, 0.29) is 17.3 Å². The van der Waals surface area contributed by atoms with Crippen LogP contribution in [0.3, 0.4) is 0 Å². The average molecular weight is 360 g/mol. The van der Waals surface area contributed by atoms with Crippen LogP contribution in [0.1, 0.15) is 19.4 Å². The molecule has 1 amide bonds. The summed E-state index contributed by atoms with van der Waals surface area (Å²) in [5.41, 5.74) is 1.29. The van der Waals surface area contributed by atoms with Crippen LogP contribution in [-0.4, -0.2) is 31.3 Å². The van der Waals surface area contributed by atoms with E-state index in [1.807, 2.05) is 30.3 Å². The molecule has 1 aliphatic rings. The van der Waals surface area contributed by atoms with Crippen LogP contribution < -0.4 is 10.1 Å². The smallest absolute Gasteiger partial charge is 0.265 e. The number of sulfonamides is 1.